The standard InChI is InChI=1S/C11H8N2O2/c1-7(11(14)15)9-10-8(4-6-13-9)3-2-5-12-10/h2-6H,1H2,(H,14,15). The molecule has 2 aromatic heterocycles. The second kappa shape index (κ2) is 3.49. The van der Waals surface area contributed by atoms with E-state index in [1.165, 1.54) is 0 Å². The number of fused-ring (bicyclic) bond motifs is 1. The fourth-order valence-corrected chi connectivity index (χ4v) is 1.33. The molecule has 4 heteroatoms. The Labute approximate surface area is 85.9 Å². The lowest BCUT2D eigenvalue weighted by molar-refractivity contribution is -0.130. The van der Waals surface area contributed by atoms with Crippen LogP contribution >= 0.6 is 0 Å². The van der Waals surface area contributed by atoms with Crippen molar-refractivity contribution in [1.82, 2.24) is 9.97 Å². The Balaban J connectivity index is 2.71. The quantitative estimate of drug-likeness (QED) is 0.750. The summed E-state index contributed by atoms with van der Waals surface area (Å²) >= 11 is 0. The van der Waals surface area contributed by atoms with Crippen LogP contribution in [0.3, 0.4) is 0 Å². The maximum atomic E-state index is 10.8. The number of hydrogen-bond donors (Lipinski definition) is 1. The molecule has 0 aliphatic heterocycles. The fourth-order valence-electron chi connectivity index (χ4n) is 1.33. The van der Waals surface area contributed by atoms with Crippen molar-refractivity contribution in [3.8, 4) is 0 Å². The molecule has 0 radical (unpaired) electrons. The molecular formula is C11H8N2O2. The van der Waals surface area contributed by atoms with E-state index in [0.29, 0.717) is 11.2 Å². The van der Waals surface area contributed by atoms with Crippen molar-refractivity contribution in [2.24, 2.45) is 0 Å². The minimum Gasteiger partial charge on any atom is -0.478 e. The molecule has 0 atom stereocenters. The highest BCUT2D eigenvalue weighted by Gasteiger charge is 2.12. The van der Waals surface area contributed by atoms with Gasteiger partial charge in [0.1, 0.15) is 5.69 Å². The summed E-state index contributed by atoms with van der Waals surface area (Å²) in [6.45, 7) is 3.47. The van der Waals surface area contributed by atoms with E-state index in [1.54, 1.807) is 24.5 Å². The smallest absolute Gasteiger partial charge is 0.337 e. The second-order valence-corrected chi connectivity index (χ2v) is 3.02. The van der Waals surface area contributed by atoms with E-state index < -0.39 is 5.97 Å². The first-order valence-electron chi connectivity index (χ1n) is 4.32. The molecule has 0 aliphatic rings. The van der Waals surface area contributed by atoms with Gasteiger partial charge in [0.05, 0.1) is 11.1 Å². The summed E-state index contributed by atoms with van der Waals surface area (Å²) in [5.41, 5.74) is 0.840. The van der Waals surface area contributed by atoms with Gasteiger partial charge in [-0.25, -0.2) is 4.79 Å². The molecule has 0 aliphatic carbocycles. The monoisotopic (exact) mass is 200 g/mol. The number of aromatic nitrogens is 2. The Morgan fingerprint density at radius 1 is 1.27 bits per heavy atom. The van der Waals surface area contributed by atoms with E-state index in [0.717, 1.165) is 5.39 Å². The molecule has 1 N–H and O–H groups in total. The van der Waals surface area contributed by atoms with Gasteiger partial charge >= 0.3 is 5.97 Å². The Kier molecular flexibility index (Phi) is 2.17. The zero-order chi connectivity index (χ0) is 10.8. The predicted octanol–water partition coefficient (Wildman–Crippen LogP) is 1.73. The van der Waals surface area contributed by atoms with Gasteiger partial charge in [0.2, 0.25) is 0 Å². The van der Waals surface area contributed by atoms with Crippen molar-refractivity contribution < 1.29 is 9.90 Å². The van der Waals surface area contributed by atoms with Crippen molar-refractivity contribution in [1.29, 1.82) is 0 Å². The van der Waals surface area contributed by atoms with Crippen molar-refractivity contribution in [2.75, 3.05) is 0 Å². The summed E-state index contributed by atoms with van der Waals surface area (Å²) in [7, 11) is 0. The highest BCUT2D eigenvalue weighted by atomic mass is 16.4. The summed E-state index contributed by atoms with van der Waals surface area (Å²) in [5.74, 6) is -1.08. The first-order valence-corrected chi connectivity index (χ1v) is 4.32. The van der Waals surface area contributed by atoms with E-state index in [9.17, 15) is 4.79 Å². The lowest BCUT2D eigenvalue weighted by Crippen LogP contribution is -2.01. The highest BCUT2D eigenvalue weighted by Crippen LogP contribution is 2.19. The minimum absolute atomic E-state index is 0.0423. The Hall–Kier alpha value is -2.23. The Bertz CT molecular complexity index is 544. The average molecular weight is 200 g/mol. The maximum Gasteiger partial charge on any atom is 0.337 e. The number of aliphatic carboxylic acids is 1. The molecular weight excluding hydrogens is 192 g/mol. The molecule has 4 nitrogen and oxygen atoms in total. The summed E-state index contributed by atoms with van der Waals surface area (Å²) < 4.78 is 0. The Morgan fingerprint density at radius 2 is 2.07 bits per heavy atom. The summed E-state index contributed by atoms with van der Waals surface area (Å²) in [5, 5.41) is 9.68. The van der Waals surface area contributed by atoms with Crippen LogP contribution < -0.4 is 0 Å². The molecule has 0 bridgehead atoms. The van der Waals surface area contributed by atoms with Crippen LogP contribution in [0.4, 0.5) is 0 Å². The molecule has 0 fully saturated rings. The van der Waals surface area contributed by atoms with Crippen LogP contribution in [0.25, 0.3) is 16.5 Å². The number of carbonyl (C=O) groups is 1. The van der Waals surface area contributed by atoms with Crippen molar-refractivity contribution in [2.45, 2.75) is 0 Å². The van der Waals surface area contributed by atoms with Crippen molar-refractivity contribution in [3.05, 3.63) is 42.9 Å². The maximum absolute atomic E-state index is 10.8. The van der Waals surface area contributed by atoms with Gasteiger partial charge < -0.3 is 5.11 Å². The molecule has 2 rings (SSSR count). The predicted molar refractivity (Wildman–Crippen MR) is 56.2 cm³/mol. The van der Waals surface area contributed by atoms with Gasteiger partial charge in [-0.05, 0) is 12.1 Å². The molecule has 0 unspecified atom stereocenters. The third kappa shape index (κ3) is 1.57. The van der Waals surface area contributed by atoms with Gasteiger partial charge in [-0.15, -0.1) is 0 Å². The second-order valence-electron chi connectivity index (χ2n) is 3.02. The van der Waals surface area contributed by atoms with Gasteiger partial charge in [-0.1, -0.05) is 12.6 Å². The van der Waals surface area contributed by atoms with Crippen LogP contribution in [-0.4, -0.2) is 21.0 Å². The number of pyridine rings is 2. The summed E-state index contributed by atoms with van der Waals surface area (Å²) in [4.78, 5) is 18.9. The summed E-state index contributed by atoms with van der Waals surface area (Å²) in [6.07, 6.45) is 3.15. The molecule has 2 heterocycles. The molecule has 0 aromatic carbocycles. The van der Waals surface area contributed by atoms with Gasteiger partial charge in [0.25, 0.3) is 0 Å². The summed E-state index contributed by atoms with van der Waals surface area (Å²) in [6, 6.07) is 5.42. The van der Waals surface area contributed by atoms with Crippen LogP contribution in [0.15, 0.2) is 37.2 Å². The van der Waals surface area contributed by atoms with E-state index in [1.807, 2.05) is 6.07 Å². The number of carboxylic acid groups (broad SMARTS) is 1. The normalized spacial score (nSPS) is 10.1. The van der Waals surface area contributed by atoms with E-state index in [4.69, 9.17) is 5.11 Å². The molecule has 0 spiro atoms. The van der Waals surface area contributed by atoms with Gasteiger partial charge in [-0.2, -0.15) is 0 Å². The van der Waals surface area contributed by atoms with Crippen LogP contribution in [0.1, 0.15) is 5.69 Å². The highest BCUT2D eigenvalue weighted by molar-refractivity contribution is 6.17. The lowest BCUT2D eigenvalue weighted by atomic mass is 10.1. The van der Waals surface area contributed by atoms with Crippen LogP contribution in [-0.2, 0) is 4.79 Å². The fraction of sp³-hybridized carbons (Fsp3) is 0. The molecule has 0 saturated heterocycles. The van der Waals surface area contributed by atoms with E-state index in [2.05, 4.69) is 16.5 Å². The third-order valence-corrected chi connectivity index (χ3v) is 2.06. The first-order chi connectivity index (χ1) is 7.20. The molecule has 0 saturated carbocycles. The van der Waals surface area contributed by atoms with Crippen molar-refractivity contribution in [3.63, 3.8) is 0 Å². The number of carboxylic acids is 1. The van der Waals surface area contributed by atoms with Crippen LogP contribution in [0, 0.1) is 0 Å². The average Bonchev–Trinajstić information content (AvgIpc) is 2.27. The van der Waals surface area contributed by atoms with Gasteiger partial charge in [-0.3, -0.25) is 9.97 Å². The lowest BCUT2D eigenvalue weighted by Gasteiger charge is -2.03. The number of nitrogens with zero attached hydrogens (tertiary/aromatic N) is 2. The topological polar surface area (TPSA) is 63.1 Å². The SMILES string of the molecule is C=C(C(=O)O)c1nccc2cccnc12. The minimum atomic E-state index is -1.08. The van der Waals surface area contributed by atoms with E-state index >= 15 is 0 Å². The number of hydrogen-bond acceptors (Lipinski definition) is 3. The molecule has 15 heavy (non-hydrogen) atoms. The van der Waals surface area contributed by atoms with E-state index in [-0.39, 0.29) is 5.57 Å². The Morgan fingerprint density at radius 3 is 2.80 bits per heavy atom. The zero-order valence-corrected chi connectivity index (χ0v) is 7.84. The zero-order valence-electron chi connectivity index (χ0n) is 7.84. The van der Waals surface area contributed by atoms with Gasteiger partial charge in [0.15, 0.2) is 0 Å². The van der Waals surface area contributed by atoms with Crippen LogP contribution in [0.5, 0.6) is 0 Å². The van der Waals surface area contributed by atoms with Crippen molar-refractivity contribution >= 4 is 22.4 Å². The molecule has 0 amide bonds. The third-order valence-electron chi connectivity index (χ3n) is 2.06. The first kappa shape index (κ1) is 9.33. The molecule has 2 aromatic rings. The largest absolute Gasteiger partial charge is 0.478 e. The van der Waals surface area contributed by atoms with Gasteiger partial charge in [0, 0.05) is 17.8 Å². The van der Waals surface area contributed by atoms with Crippen LogP contribution in [0.2, 0.25) is 0 Å². The molecule has 74 valence electrons. The number of rotatable bonds is 2.